The first-order valence-corrected chi connectivity index (χ1v) is 7.31. The maximum atomic E-state index is 12.0. The van der Waals surface area contributed by atoms with E-state index in [1.165, 1.54) is 0 Å². The monoisotopic (exact) mass is 279 g/mol. The standard InChI is InChI=1S/C15H25N3O2/c1-17-7-3-4-14(17)15(19)16-12-13-5-8-18(9-6-13)10-11-20-2/h3-4,7,13H,5-6,8-12H2,1-2H3,(H,16,19). The number of piperidine rings is 1. The number of ether oxygens (including phenoxy) is 1. The minimum Gasteiger partial charge on any atom is -0.383 e. The van der Waals surface area contributed by atoms with Crippen LogP contribution in [0, 0.1) is 5.92 Å². The van der Waals surface area contributed by atoms with Gasteiger partial charge in [-0.1, -0.05) is 0 Å². The van der Waals surface area contributed by atoms with E-state index in [-0.39, 0.29) is 5.91 Å². The predicted molar refractivity (Wildman–Crippen MR) is 78.8 cm³/mol. The zero-order valence-electron chi connectivity index (χ0n) is 12.5. The minimum absolute atomic E-state index is 0.0271. The Kier molecular flexibility index (Phi) is 5.61. The van der Waals surface area contributed by atoms with Gasteiger partial charge in [0.25, 0.3) is 5.91 Å². The largest absolute Gasteiger partial charge is 0.383 e. The summed E-state index contributed by atoms with van der Waals surface area (Å²) in [6.07, 6.45) is 4.19. The van der Waals surface area contributed by atoms with Crippen molar-refractivity contribution in [2.45, 2.75) is 12.8 Å². The van der Waals surface area contributed by atoms with E-state index in [1.54, 1.807) is 7.11 Å². The maximum Gasteiger partial charge on any atom is 0.267 e. The molecule has 1 aliphatic heterocycles. The van der Waals surface area contributed by atoms with E-state index in [2.05, 4.69) is 10.2 Å². The molecule has 0 bridgehead atoms. The maximum absolute atomic E-state index is 12.0. The zero-order valence-corrected chi connectivity index (χ0v) is 12.5. The Bertz CT molecular complexity index is 423. The second-order valence-electron chi connectivity index (χ2n) is 5.49. The second-order valence-corrected chi connectivity index (χ2v) is 5.49. The van der Waals surface area contributed by atoms with Gasteiger partial charge < -0.3 is 19.5 Å². The molecule has 1 aliphatic rings. The van der Waals surface area contributed by atoms with Crippen molar-refractivity contribution in [1.29, 1.82) is 0 Å². The number of likely N-dealkylation sites (tertiary alicyclic amines) is 1. The number of rotatable bonds is 6. The molecule has 112 valence electrons. The van der Waals surface area contributed by atoms with E-state index in [0.717, 1.165) is 51.3 Å². The number of carbonyl (C=O) groups excluding carboxylic acids is 1. The van der Waals surface area contributed by atoms with Gasteiger partial charge in [0, 0.05) is 33.4 Å². The van der Waals surface area contributed by atoms with Crippen LogP contribution in [0.4, 0.5) is 0 Å². The summed E-state index contributed by atoms with van der Waals surface area (Å²) in [7, 11) is 3.63. The first kappa shape index (κ1) is 15.1. The van der Waals surface area contributed by atoms with Crippen LogP contribution in [0.2, 0.25) is 0 Å². The highest BCUT2D eigenvalue weighted by atomic mass is 16.5. The number of aryl methyl sites for hydroxylation is 1. The van der Waals surface area contributed by atoms with Gasteiger partial charge in [-0.3, -0.25) is 4.79 Å². The Balaban J connectivity index is 1.68. The average molecular weight is 279 g/mol. The Morgan fingerprint density at radius 3 is 2.80 bits per heavy atom. The lowest BCUT2D eigenvalue weighted by Gasteiger charge is -2.31. The number of hydrogen-bond donors (Lipinski definition) is 1. The third-order valence-electron chi connectivity index (χ3n) is 4.05. The van der Waals surface area contributed by atoms with Gasteiger partial charge in [-0.05, 0) is 44.0 Å². The number of hydrogen-bond acceptors (Lipinski definition) is 3. The van der Waals surface area contributed by atoms with Gasteiger partial charge in [-0.25, -0.2) is 0 Å². The number of carbonyl (C=O) groups is 1. The SMILES string of the molecule is COCCN1CCC(CNC(=O)c2cccn2C)CC1. The van der Waals surface area contributed by atoms with Crippen LogP contribution < -0.4 is 5.32 Å². The lowest BCUT2D eigenvalue weighted by Crippen LogP contribution is -2.40. The molecule has 1 aromatic heterocycles. The van der Waals surface area contributed by atoms with Crippen molar-refractivity contribution in [3.8, 4) is 0 Å². The van der Waals surface area contributed by atoms with E-state index >= 15 is 0 Å². The first-order chi connectivity index (χ1) is 9.70. The van der Waals surface area contributed by atoms with Crippen molar-refractivity contribution in [3.63, 3.8) is 0 Å². The van der Waals surface area contributed by atoms with Crippen LogP contribution in [-0.4, -0.2) is 55.3 Å². The third-order valence-corrected chi connectivity index (χ3v) is 4.05. The van der Waals surface area contributed by atoms with Crippen molar-refractivity contribution in [2.75, 3.05) is 39.9 Å². The Labute approximate surface area is 120 Å². The summed E-state index contributed by atoms with van der Waals surface area (Å²) in [6.45, 7) is 4.80. The molecule has 0 aliphatic carbocycles. The van der Waals surface area contributed by atoms with Gasteiger partial charge in [0.15, 0.2) is 0 Å². The molecular formula is C15H25N3O2. The summed E-state index contributed by atoms with van der Waals surface area (Å²) >= 11 is 0. The number of aromatic nitrogens is 1. The van der Waals surface area contributed by atoms with Gasteiger partial charge in [-0.15, -0.1) is 0 Å². The minimum atomic E-state index is 0.0271. The fourth-order valence-electron chi connectivity index (χ4n) is 2.66. The van der Waals surface area contributed by atoms with E-state index in [0.29, 0.717) is 5.92 Å². The lowest BCUT2D eigenvalue weighted by atomic mass is 9.97. The van der Waals surface area contributed by atoms with Crippen molar-refractivity contribution < 1.29 is 9.53 Å². The van der Waals surface area contributed by atoms with Crippen LogP contribution in [0.5, 0.6) is 0 Å². The summed E-state index contributed by atoms with van der Waals surface area (Å²) in [6, 6.07) is 3.74. The third kappa shape index (κ3) is 4.08. The highest BCUT2D eigenvalue weighted by Gasteiger charge is 2.19. The molecule has 0 unspecified atom stereocenters. The topological polar surface area (TPSA) is 46.5 Å². The molecule has 1 N–H and O–H groups in total. The summed E-state index contributed by atoms with van der Waals surface area (Å²) in [5.74, 6) is 0.623. The Hall–Kier alpha value is -1.33. The van der Waals surface area contributed by atoms with Crippen LogP contribution in [0.3, 0.4) is 0 Å². The molecule has 2 rings (SSSR count). The normalized spacial score (nSPS) is 17.3. The van der Waals surface area contributed by atoms with E-state index < -0.39 is 0 Å². The van der Waals surface area contributed by atoms with Gasteiger partial charge in [0.2, 0.25) is 0 Å². The molecule has 1 amide bonds. The molecule has 0 atom stereocenters. The van der Waals surface area contributed by atoms with Gasteiger partial charge in [-0.2, -0.15) is 0 Å². The second kappa shape index (κ2) is 7.45. The first-order valence-electron chi connectivity index (χ1n) is 7.31. The summed E-state index contributed by atoms with van der Waals surface area (Å²) < 4.78 is 6.95. The van der Waals surface area contributed by atoms with Crippen LogP contribution in [0.15, 0.2) is 18.3 Å². The van der Waals surface area contributed by atoms with Gasteiger partial charge in [0.05, 0.1) is 6.61 Å². The molecule has 1 aromatic rings. The van der Waals surface area contributed by atoms with Crippen molar-refractivity contribution in [1.82, 2.24) is 14.8 Å². The summed E-state index contributed by atoms with van der Waals surface area (Å²) in [5.41, 5.74) is 0.725. The number of nitrogens with zero attached hydrogens (tertiary/aromatic N) is 2. The summed E-state index contributed by atoms with van der Waals surface area (Å²) in [5, 5.41) is 3.05. The smallest absolute Gasteiger partial charge is 0.267 e. The quantitative estimate of drug-likeness (QED) is 0.848. The van der Waals surface area contributed by atoms with Crippen molar-refractivity contribution >= 4 is 5.91 Å². The lowest BCUT2D eigenvalue weighted by molar-refractivity contribution is 0.0918. The fourth-order valence-corrected chi connectivity index (χ4v) is 2.66. The molecule has 0 saturated carbocycles. The molecule has 0 radical (unpaired) electrons. The average Bonchev–Trinajstić information content (AvgIpc) is 2.90. The van der Waals surface area contributed by atoms with Gasteiger partial charge >= 0.3 is 0 Å². The highest BCUT2D eigenvalue weighted by molar-refractivity contribution is 5.92. The molecule has 5 heteroatoms. The molecule has 1 saturated heterocycles. The molecular weight excluding hydrogens is 254 g/mol. The number of methoxy groups -OCH3 is 1. The van der Waals surface area contributed by atoms with E-state index in [4.69, 9.17) is 4.74 Å². The van der Waals surface area contributed by atoms with Crippen molar-refractivity contribution in [3.05, 3.63) is 24.0 Å². The van der Waals surface area contributed by atoms with Crippen molar-refractivity contribution in [2.24, 2.45) is 13.0 Å². The van der Waals surface area contributed by atoms with E-state index in [1.807, 2.05) is 29.9 Å². The molecule has 20 heavy (non-hydrogen) atoms. The van der Waals surface area contributed by atoms with Crippen LogP contribution in [-0.2, 0) is 11.8 Å². The highest BCUT2D eigenvalue weighted by Crippen LogP contribution is 2.16. The number of amides is 1. The molecule has 1 fully saturated rings. The fraction of sp³-hybridized carbons (Fsp3) is 0.667. The molecule has 5 nitrogen and oxygen atoms in total. The van der Waals surface area contributed by atoms with Crippen LogP contribution >= 0.6 is 0 Å². The van der Waals surface area contributed by atoms with E-state index in [9.17, 15) is 4.79 Å². The molecule has 2 heterocycles. The predicted octanol–water partition coefficient (Wildman–Crippen LogP) is 1.11. The molecule has 0 spiro atoms. The van der Waals surface area contributed by atoms with Crippen LogP contribution in [0.25, 0.3) is 0 Å². The zero-order chi connectivity index (χ0) is 14.4. The summed E-state index contributed by atoms with van der Waals surface area (Å²) in [4.78, 5) is 14.4. The Morgan fingerprint density at radius 2 is 2.20 bits per heavy atom. The van der Waals surface area contributed by atoms with Gasteiger partial charge in [0.1, 0.15) is 5.69 Å². The molecule has 0 aromatic carbocycles. The number of nitrogens with one attached hydrogen (secondary N) is 1. The van der Waals surface area contributed by atoms with Crippen LogP contribution in [0.1, 0.15) is 23.3 Å². The Morgan fingerprint density at radius 1 is 1.45 bits per heavy atom.